The SMILES string of the molecule is CCCNCC(=O)NC(C)c1ccccc1OC(F)F. The summed E-state index contributed by atoms with van der Waals surface area (Å²) in [5.41, 5.74) is 0.525. The van der Waals surface area contributed by atoms with Crippen molar-refractivity contribution in [3.63, 3.8) is 0 Å². The molecule has 4 nitrogen and oxygen atoms in total. The Bertz CT molecular complexity index is 427. The van der Waals surface area contributed by atoms with Crippen molar-refractivity contribution in [1.29, 1.82) is 0 Å². The van der Waals surface area contributed by atoms with E-state index < -0.39 is 12.7 Å². The third-order valence-corrected chi connectivity index (χ3v) is 2.69. The molecular weight excluding hydrogens is 266 g/mol. The van der Waals surface area contributed by atoms with E-state index in [0.29, 0.717) is 5.56 Å². The van der Waals surface area contributed by atoms with Crippen LogP contribution in [0.1, 0.15) is 31.9 Å². The van der Waals surface area contributed by atoms with Gasteiger partial charge in [-0.15, -0.1) is 0 Å². The zero-order chi connectivity index (χ0) is 15.0. The van der Waals surface area contributed by atoms with E-state index in [2.05, 4.69) is 15.4 Å². The lowest BCUT2D eigenvalue weighted by Gasteiger charge is -2.18. The predicted molar refractivity (Wildman–Crippen MR) is 72.8 cm³/mol. The zero-order valence-corrected chi connectivity index (χ0v) is 11.7. The molecule has 20 heavy (non-hydrogen) atoms. The summed E-state index contributed by atoms with van der Waals surface area (Å²) in [6.07, 6.45) is 0.938. The number of carbonyl (C=O) groups is 1. The number of nitrogens with one attached hydrogen (secondary N) is 2. The minimum Gasteiger partial charge on any atom is -0.434 e. The third kappa shape index (κ3) is 5.52. The minimum absolute atomic E-state index is 0.0804. The molecule has 0 heterocycles. The molecule has 0 aromatic heterocycles. The van der Waals surface area contributed by atoms with Crippen molar-refractivity contribution >= 4 is 5.91 Å². The second kappa shape index (κ2) is 8.47. The van der Waals surface area contributed by atoms with Crippen molar-refractivity contribution in [3.8, 4) is 5.75 Å². The van der Waals surface area contributed by atoms with Gasteiger partial charge in [0.2, 0.25) is 5.91 Å². The van der Waals surface area contributed by atoms with E-state index >= 15 is 0 Å². The molecule has 0 saturated carbocycles. The Morgan fingerprint density at radius 1 is 1.35 bits per heavy atom. The van der Waals surface area contributed by atoms with Gasteiger partial charge in [0.05, 0.1) is 12.6 Å². The van der Waals surface area contributed by atoms with E-state index in [0.717, 1.165) is 13.0 Å². The van der Waals surface area contributed by atoms with Crippen molar-refractivity contribution < 1.29 is 18.3 Å². The van der Waals surface area contributed by atoms with E-state index in [9.17, 15) is 13.6 Å². The van der Waals surface area contributed by atoms with E-state index in [1.54, 1.807) is 25.1 Å². The van der Waals surface area contributed by atoms with Crippen molar-refractivity contribution in [3.05, 3.63) is 29.8 Å². The number of hydrogen-bond donors (Lipinski definition) is 2. The molecule has 6 heteroatoms. The number of amides is 1. The highest BCUT2D eigenvalue weighted by molar-refractivity contribution is 5.78. The summed E-state index contributed by atoms with van der Waals surface area (Å²) in [5.74, 6) is -0.102. The molecule has 0 aliphatic carbocycles. The fourth-order valence-electron chi connectivity index (χ4n) is 1.79. The second-order valence-electron chi connectivity index (χ2n) is 4.38. The Morgan fingerprint density at radius 2 is 2.05 bits per heavy atom. The Hall–Kier alpha value is -1.69. The van der Waals surface area contributed by atoms with Crippen LogP contribution in [0.3, 0.4) is 0 Å². The van der Waals surface area contributed by atoms with Crippen molar-refractivity contribution in [2.75, 3.05) is 13.1 Å². The number of rotatable bonds is 8. The molecule has 1 aromatic rings. The van der Waals surface area contributed by atoms with E-state index in [1.807, 2.05) is 6.92 Å². The van der Waals surface area contributed by atoms with Gasteiger partial charge in [-0.1, -0.05) is 25.1 Å². The summed E-state index contributed by atoms with van der Waals surface area (Å²) in [4.78, 5) is 11.7. The largest absolute Gasteiger partial charge is 0.434 e. The van der Waals surface area contributed by atoms with Gasteiger partial charge in [0.25, 0.3) is 0 Å². The summed E-state index contributed by atoms with van der Waals surface area (Å²) in [6.45, 7) is 1.81. The lowest BCUT2D eigenvalue weighted by molar-refractivity contribution is -0.120. The lowest BCUT2D eigenvalue weighted by Crippen LogP contribution is -2.35. The number of halogens is 2. The summed E-state index contributed by atoms with van der Waals surface area (Å²) in [7, 11) is 0. The monoisotopic (exact) mass is 286 g/mol. The van der Waals surface area contributed by atoms with Crippen LogP contribution in [0.4, 0.5) is 8.78 Å². The van der Waals surface area contributed by atoms with Gasteiger partial charge in [-0.2, -0.15) is 8.78 Å². The van der Waals surface area contributed by atoms with E-state index in [-0.39, 0.29) is 18.2 Å². The van der Waals surface area contributed by atoms with Crippen molar-refractivity contribution in [2.45, 2.75) is 32.9 Å². The van der Waals surface area contributed by atoms with Crippen LogP contribution >= 0.6 is 0 Å². The predicted octanol–water partition coefficient (Wildman–Crippen LogP) is 2.46. The first kappa shape index (κ1) is 16.4. The topological polar surface area (TPSA) is 50.4 Å². The average Bonchev–Trinajstić information content (AvgIpc) is 2.38. The van der Waals surface area contributed by atoms with Crippen LogP contribution in [0.5, 0.6) is 5.75 Å². The molecule has 112 valence electrons. The van der Waals surface area contributed by atoms with E-state index in [1.165, 1.54) is 6.07 Å². The average molecular weight is 286 g/mol. The molecule has 1 amide bonds. The Balaban J connectivity index is 2.62. The fraction of sp³-hybridized carbons (Fsp3) is 0.500. The molecule has 0 radical (unpaired) electrons. The standard InChI is InChI=1S/C14H20F2N2O2/c1-3-8-17-9-13(19)18-10(2)11-6-4-5-7-12(11)20-14(15)16/h4-7,10,14,17H,3,8-9H2,1-2H3,(H,18,19). The summed E-state index contributed by atoms with van der Waals surface area (Å²) in [5, 5.41) is 5.72. The van der Waals surface area contributed by atoms with Gasteiger partial charge in [0.15, 0.2) is 0 Å². The Morgan fingerprint density at radius 3 is 2.70 bits per heavy atom. The molecule has 0 aliphatic rings. The summed E-state index contributed by atoms with van der Waals surface area (Å²) >= 11 is 0. The normalized spacial score (nSPS) is 12.2. The van der Waals surface area contributed by atoms with Gasteiger partial charge in [-0.25, -0.2) is 0 Å². The Kier molecular flexibility index (Phi) is 6.93. The third-order valence-electron chi connectivity index (χ3n) is 2.69. The number of hydrogen-bond acceptors (Lipinski definition) is 3. The van der Waals surface area contributed by atoms with Gasteiger partial charge in [0.1, 0.15) is 5.75 Å². The number of benzene rings is 1. The van der Waals surface area contributed by atoms with Crippen LogP contribution in [0, 0.1) is 0 Å². The number of ether oxygens (including phenoxy) is 1. The van der Waals surface area contributed by atoms with Crippen LogP contribution in [-0.4, -0.2) is 25.6 Å². The molecule has 0 aliphatic heterocycles. The van der Waals surface area contributed by atoms with Crippen molar-refractivity contribution in [1.82, 2.24) is 10.6 Å². The first-order valence-corrected chi connectivity index (χ1v) is 6.58. The minimum atomic E-state index is -2.88. The van der Waals surface area contributed by atoms with Gasteiger partial charge in [-0.05, 0) is 26.0 Å². The highest BCUT2D eigenvalue weighted by Crippen LogP contribution is 2.26. The van der Waals surface area contributed by atoms with Crippen LogP contribution in [0.25, 0.3) is 0 Å². The zero-order valence-electron chi connectivity index (χ0n) is 11.7. The molecule has 0 fully saturated rings. The Labute approximate surface area is 117 Å². The molecule has 1 rings (SSSR count). The first-order chi connectivity index (χ1) is 9.54. The number of carbonyl (C=O) groups excluding carboxylic acids is 1. The summed E-state index contributed by atoms with van der Waals surface area (Å²) < 4.78 is 29.1. The maximum Gasteiger partial charge on any atom is 0.387 e. The first-order valence-electron chi connectivity index (χ1n) is 6.58. The quantitative estimate of drug-likeness (QED) is 0.722. The van der Waals surface area contributed by atoms with E-state index in [4.69, 9.17) is 0 Å². The van der Waals surface area contributed by atoms with Crippen LogP contribution in [-0.2, 0) is 4.79 Å². The van der Waals surface area contributed by atoms with Gasteiger partial charge in [0, 0.05) is 5.56 Å². The molecular formula is C14H20F2N2O2. The molecule has 0 bridgehead atoms. The second-order valence-corrected chi connectivity index (χ2v) is 4.38. The van der Waals surface area contributed by atoms with Crippen molar-refractivity contribution in [2.24, 2.45) is 0 Å². The lowest BCUT2D eigenvalue weighted by atomic mass is 10.1. The molecule has 0 saturated heterocycles. The van der Waals surface area contributed by atoms with Gasteiger partial charge >= 0.3 is 6.61 Å². The van der Waals surface area contributed by atoms with Crippen LogP contribution in [0.2, 0.25) is 0 Å². The van der Waals surface area contributed by atoms with Crippen LogP contribution in [0.15, 0.2) is 24.3 Å². The molecule has 2 N–H and O–H groups in total. The molecule has 1 aromatic carbocycles. The van der Waals surface area contributed by atoms with Gasteiger partial charge in [-0.3, -0.25) is 4.79 Å². The molecule has 0 spiro atoms. The number of alkyl halides is 2. The molecule has 1 atom stereocenters. The highest BCUT2D eigenvalue weighted by atomic mass is 19.3. The smallest absolute Gasteiger partial charge is 0.387 e. The fourth-order valence-corrected chi connectivity index (χ4v) is 1.79. The maximum absolute atomic E-state index is 12.3. The summed E-state index contributed by atoms with van der Waals surface area (Å²) in [6, 6.07) is 6.03. The highest BCUT2D eigenvalue weighted by Gasteiger charge is 2.15. The molecule has 1 unspecified atom stereocenters. The number of para-hydroxylation sites is 1. The van der Waals surface area contributed by atoms with Gasteiger partial charge < -0.3 is 15.4 Å². The van der Waals surface area contributed by atoms with Crippen LogP contribution < -0.4 is 15.4 Å². The maximum atomic E-state index is 12.3.